The average Bonchev–Trinajstić information content (AvgIpc) is 2.38. The van der Waals surface area contributed by atoms with Gasteiger partial charge in [0.2, 0.25) is 0 Å². The second-order valence-corrected chi connectivity index (χ2v) is 3.14. The summed E-state index contributed by atoms with van der Waals surface area (Å²) in [5, 5.41) is 0. The molecule has 12 heavy (non-hydrogen) atoms. The number of hydrogen-bond donors (Lipinski definition) is 1. The zero-order chi connectivity index (χ0) is 9.14. The van der Waals surface area contributed by atoms with E-state index in [1.54, 1.807) is 6.33 Å². The molecule has 0 saturated carbocycles. The first-order valence-corrected chi connectivity index (χ1v) is 4.47. The molecular weight excluding hydrogens is 150 g/mol. The second kappa shape index (κ2) is 3.61. The first-order valence-electron chi connectivity index (χ1n) is 4.47. The fraction of sp³-hybridized carbons (Fsp3) is 0.667. The minimum Gasteiger partial charge on any atom is -0.384 e. The summed E-state index contributed by atoms with van der Waals surface area (Å²) in [6, 6.07) is 0. The maximum absolute atomic E-state index is 5.86. The van der Waals surface area contributed by atoms with E-state index in [0.717, 1.165) is 24.4 Å². The fourth-order valence-corrected chi connectivity index (χ4v) is 1.45. The summed E-state index contributed by atoms with van der Waals surface area (Å²) in [6.45, 7) is 4.34. The van der Waals surface area contributed by atoms with Gasteiger partial charge in [-0.1, -0.05) is 13.8 Å². The largest absolute Gasteiger partial charge is 0.384 e. The molecule has 0 unspecified atom stereocenters. The molecule has 0 aliphatic rings. The summed E-state index contributed by atoms with van der Waals surface area (Å²) in [5.74, 6) is 1.33. The van der Waals surface area contributed by atoms with Crippen molar-refractivity contribution in [1.82, 2.24) is 9.55 Å². The van der Waals surface area contributed by atoms with Crippen molar-refractivity contribution in [3.05, 3.63) is 12.0 Å². The zero-order valence-corrected chi connectivity index (χ0v) is 8.04. The number of rotatable bonds is 3. The number of aromatic nitrogens is 2. The Morgan fingerprint density at radius 1 is 1.50 bits per heavy atom. The van der Waals surface area contributed by atoms with Crippen LogP contribution in [0.3, 0.4) is 0 Å². The van der Waals surface area contributed by atoms with E-state index >= 15 is 0 Å². The third-order valence-corrected chi connectivity index (χ3v) is 2.38. The van der Waals surface area contributed by atoms with Gasteiger partial charge in [-0.05, 0) is 12.8 Å². The van der Waals surface area contributed by atoms with Gasteiger partial charge in [-0.3, -0.25) is 0 Å². The maximum atomic E-state index is 5.86. The summed E-state index contributed by atoms with van der Waals surface area (Å²) >= 11 is 0. The molecule has 2 N–H and O–H groups in total. The highest BCUT2D eigenvalue weighted by molar-refractivity contribution is 5.38. The van der Waals surface area contributed by atoms with E-state index in [1.165, 1.54) is 0 Å². The highest BCUT2D eigenvalue weighted by atomic mass is 15.1. The van der Waals surface area contributed by atoms with E-state index in [9.17, 15) is 0 Å². The lowest BCUT2D eigenvalue weighted by Gasteiger charge is -2.09. The molecule has 1 aromatic heterocycles. The zero-order valence-electron chi connectivity index (χ0n) is 8.04. The van der Waals surface area contributed by atoms with E-state index in [-0.39, 0.29) is 0 Å². The van der Waals surface area contributed by atoms with Gasteiger partial charge in [0.05, 0.1) is 12.0 Å². The second-order valence-electron chi connectivity index (χ2n) is 3.14. The molecule has 68 valence electrons. The fourth-order valence-electron chi connectivity index (χ4n) is 1.45. The van der Waals surface area contributed by atoms with E-state index in [2.05, 4.69) is 18.8 Å². The number of nitrogens with two attached hydrogens (primary N) is 1. The van der Waals surface area contributed by atoms with Crippen LogP contribution in [-0.2, 0) is 7.05 Å². The van der Waals surface area contributed by atoms with Gasteiger partial charge in [-0.2, -0.15) is 0 Å². The molecule has 3 heteroatoms. The van der Waals surface area contributed by atoms with Crippen molar-refractivity contribution < 1.29 is 0 Å². The topological polar surface area (TPSA) is 43.8 Å². The highest BCUT2D eigenvalue weighted by Gasteiger charge is 2.13. The molecule has 0 atom stereocenters. The van der Waals surface area contributed by atoms with Crippen LogP contribution in [0.4, 0.5) is 5.82 Å². The van der Waals surface area contributed by atoms with Gasteiger partial charge in [-0.25, -0.2) is 4.98 Å². The lowest BCUT2D eigenvalue weighted by Crippen LogP contribution is -2.02. The van der Waals surface area contributed by atoms with Gasteiger partial charge in [0.1, 0.15) is 5.82 Å². The molecule has 0 radical (unpaired) electrons. The van der Waals surface area contributed by atoms with Crippen molar-refractivity contribution in [2.24, 2.45) is 7.05 Å². The smallest absolute Gasteiger partial charge is 0.126 e. The SMILES string of the molecule is CCC(CC)c1ncn(C)c1N. The van der Waals surface area contributed by atoms with Crippen LogP contribution < -0.4 is 5.73 Å². The minimum atomic E-state index is 0.520. The molecule has 0 amide bonds. The summed E-state index contributed by atoms with van der Waals surface area (Å²) < 4.78 is 1.87. The van der Waals surface area contributed by atoms with E-state index in [0.29, 0.717) is 5.92 Å². The predicted molar refractivity (Wildman–Crippen MR) is 50.9 cm³/mol. The van der Waals surface area contributed by atoms with Gasteiger partial charge in [0, 0.05) is 13.0 Å². The number of nitrogen functional groups attached to an aromatic ring is 1. The van der Waals surface area contributed by atoms with Crippen LogP contribution in [0, 0.1) is 0 Å². The molecule has 3 nitrogen and oxygen atoms in total. The number of hydrogen-bond acceptors (Lipinski definition) is 2. The van der Waals surface area contributed by atoms with Crippen LogP contribution in [0.2, 0.25) is 0 Å². The summed E-state index contributed by atoms with van der Waals surface area (Å²) in [5.41, 5.74) is 6.91. The minimum absolute atomic E-state index is 0.520. The van der Waals surface area contributed by atoms with Crippen LogP contribution in [0.1, 0.15) is 38.3 Å². The first-order chi connectivity index (χ1) is 5.70. The molecule has 0 spiro atoms. The van der Waals surface area contributed by atoms with Crippen LogP contribution in [-0.4, -0.2) is 9.55 Å². The number of imidazole rings is 1. The van der Waals surface area contributed by atoms with Crippen molar-refractivity contribution >= 4 is 5.82 Å². The molecule has 1 heterocycles. The van der Waals surface area contributed by atoms with Crippen molar-refractivity contribution in [2.75, 3.05) is 5.73 Å². The van der Waals surface area contributed by atoms with Gasteiger partial charge in [-0.15, -0.1) is 0 Å². The molecule has 0 aliphatic heterocycles. The van der Waals surface area contributed by atoms with Gasteiger partial charge < -0.3 is 10.3 Å². The van der Waals surface area contributed by atoms with Crippen molar-refractivity contribution in [3.8, 4) is 0 Å². The normalized spacial score (nSPS) is 11.0. The Balaban J connectivity index is 2.93. The quantitative estimate of drug-likeness (QED) is 0.747. The molecule has 0 fully saturated rings. The molecule has 0 aliphatic carbocycles. The number of anilines is 1. The maximum Gasteiger partial charge on any atom is 0.126 e. The van der Waals surface area contributed by atoms with Crippen LogP contribution in [0.25, 0.3) is 0 Å². The average molecular weight is 167 g/mol. The van der Waals surface area contributed by atoms with E-state index in [1.807, 2.05) is 11.6 Å². The monoisotopic (exact) mass is 167 g/mol. The Morgan fingerprint density at radius 3 is 2.42 bits per heavy atom. The van der Waals surface area contributed by atoms with Crippen molar-refractivity contribution in [2.45, 2.75) is 32.6 Å². The van der Waals surface area contributed by atoms with Crippen LogP contribution in [0.5, 0.6) is 0 Å². The molecule has 1 aromatic rings. The van der Waals surface area contributed by atoms with Gasteiger partial charge in [0.15, 0.2) is 0 Å². The first kappa shape index (κ1) is 9.10. The Labute approximate surface area is 73.6 Å². The molecule has 0 saturated heterocycles. The standard InChI is InChI=1S/C9H17N3/c1-4-7(5-2)8-9(10)12(3)6-11-8/h6-7H,4-5,10H2,1-3H3. The van der Waals surface area contributed by atoms with Gasteiger partial charge >= 0.3 is 0 Å². The number of nitrogens with zero attached hydrogens (tertiary/aromatic N) is 2. The van der Waals surface area contributed by atoms with Crippen molar-refractivity contribution in [1.29, 1.82) is 0 Å². The summed E-state index contributed by atoms with van der Waals surface area (Å²) in [4.78, 5) is 4.30. The Kier molecular flexibility index (Phi) is 2.74. The lowest BCUT2D eigenvalue weighted by molar-refractivity contribution is 0.628. The third kappa shape index (κ3) is 1.44. The lowest BCUT2D eigenvalue weighted by atomic mass is 10.00. The van der Waals surface area contributed by atoms with E-state index < -0.39 is 0 Å². The third-order valence-electron chi connectivity index (χ3n) is 2.38. The molecule has 1 rings (SSSR count). The van der Waals surface area contributed by atoms with Crippen LogP contribution >= 0.6 is 0 Å². The summed E-state index contributed by atoms with van der Waals surface area (Å²) in [7, 11) is 1.92. The Bertz CT molecular complexity index is 248. The molecule has 0 bridgehead atoms. The van der Waals surface area contributed by atoms with Gasteiger partial charge in [0.25, 0.3) is 0 Å². The number of aryl methyl sites for hydroxylation is 1. The molecule has 0 aromatic carbocycles. The Hall–Kier alpha value is -0.990. The van der Waals surface area contributed by atoms with Crippen molar-refractivity contribution in [3.63, 3.8) is 0 Å². The summed E-state index contributed by atoms with van der Waals surface area (Å²) in [6.07, 6.45) is 4.00. The molecular formula is C9H17N3. The van der Waals surface area contributed by atoms with Crippen LogP contribution in [0.15, 0.2) is 6.33 Å². The predicted octanol–water partition coefficient (Wildman–Crippen LogP) is 1.91. The highest BCUT2D eigenvalue weighted by Crippen LogP contribution is 2.25. The Morgan fingerprint density at radius 2 is 2.08 bits per heavy atom. The van der Waals surface area contributed by atoms with E-state index in [4.69, 9.17) is 5.73 Å².